The highest BCUT2D eigenvalue weighted by atomic mass is 16.5. The number of hydrogen-bond donors (Lipinski definition) is 1. The van der Waals surface area contributed by atoms with Crippen LogP contribution >= 0.6 is 0 Å². The van der Waals surface area contributed by atoms with Gasteiger partial charge in [0.2, 0.25) is 0 Å². The number of fused-ring (bicyclic) bond motifs is 1. The molecule has 1 aliphatic carbocycles. The van der Waals surface area contributed by atoms with Crippen molar-refractivity contribution in [2.75, 3.05) is 0 Å². The molecule has 1 N–H and O–H groups in total. The van der Waals surface area contributed by atoms with Gasteiger partial charge in [0.1, 0.15) is 11.4 Å². The summed E-state index contributed by atoms with van der Waals surface area (Å²) in [5, 5.41) is 8.91. The van der Waals surface area contributed by atoms with Crippen LogP contribution in [0.15, 0.2) is 36.4 Å². The van der Waals surface area contributed by atoms with Gasteiger partial charge in [-0.1, -0.05) is 38.1 Å². The predicted molar refractivity (Wildman–Crippen MR) is 117 cm³/mol. The van der Waals surface area contributed by atoms with Gasteiger partial charge in [0, 0.05) is 17.5 Å². The number of Topliss-reactive ketones (excluding diaryl/α,β-unsaturated/α-hetero) is 1. The molecule has 1 aliphatic heterocycles. The zero-order valence-corrected chi connectivity index (χ0v) is 18.2. The van der Waals surface area contributed by atoms with E-state index in [-0.39, 0.29) is 23.2 Å². The topological polar surface area (TPSA) is 63.6 Å². The lowest BCUT2D eigenvalue weighted by atomic mass is 9.72. The van der Waals surface area contributed by atoms with Gasteiger partial charge in [-0.25, -0.2) is 0 Å². The summed E-state index contributed by atoms with van der Waals surface area (Å²) in [6.45, 7) is 8.76. The second kappa shape index (κ2) is 7.26. The van der Waals surface area contributed by atoms with Crippen LogP contribution in [0.3, 0.4) is 0 Å². The number of ether oxygens (including phenoxy) is 1. The quantitative estimate of drug-likeness (QED) is 0.648. The number of carboxylic acid groups (broad SMARTS) is 1. The van der Waals surface area contributed by atoms with Gasteiger partial charge in [0.25, 0.3) is 0 Å². The van der Waals surface area contributed by atoms with Crippen molar-refractivity contribution >= 4 is 11.8 Å². The van der Waals surface area contributed by atoms with E-state index in [0.29, 0.717) is 12.3 Å². The standard InChI is InChI=1S/C26H30O4/c1-25(2)15-26(3,4)30-24-20(18-9-10-18)13-19(14-21(24)25)22(27)11-16-5-7-17(8-6-16)12-23(28)29/h5-8,13-14,18H,9-12,15H2,1-4H3,(H,28,29). The number of benzene rings is 2. The molecule has 30 heavy (non-hydrogen) atoms. The Kier molecular flexibility index (Phi) is 5.00. The maximum atomic E-state index is 13.2. The van der Waals surface area contributed by atoms with Crippen molar-refractivity contribution in [2.24, 2.45) is 0 Å². The number of rotatable bonds is 6. The Bertz CT molecular complexity index is 994. The van der Waals surface area contributed by atoms with Crippen molar-refractivity contribution in [3.05, 3.63) is 64.2 Å². The molecular weight excluding hydrogens is 376 g/mol. The van der Waals surface area contributed by atoms with E-state index in [0.717, 1.165) is 47.3 Å². The molecule has 0 bridgehead atoms. The molecule has 1 fully saturated rings. The summed E-state index contributed by atoms with van der Waals surface area (Å²) < 4.78 is 6.43. The number of carboxylic acids is 1. The number of carbonyl (C=O) groups is 2. The third kappa shape index (κ3) is 4.28. The van der Waals surface area contributed by atoms with Crippen LogP contribution in [-0.4, -0.2) is 22.5 Å². The summed E-state index contributed by atoms with van der Waals surface area (Å²) in [6, 6.07) is 11.4. The molecule has 4 rings (SSSR count). The minimum absolute atomic E-state index is 0.00473. The fraction of sp³-hybridized carbons (Fsp3) is 0.462. The molecule has 2 aromatic rings. The van der Waals surface area contributed by atoms with E-state index < -0.39 is 5.97 Å². The van der Waals surface area contributed by atoms with Crippen molar-refractivity contribution in [3.8, 4) is 5.75 Å². The average Bonchev–Trinajstić information content (AvgIpc) is 3.46. The second-order valence-corrected chi connectivity index (χ2v) is 10.1. The summed E-state index contributed by atoms with van der Waals surface area (Å²) in [4.78, 5) is 24.0. The highest BCUT2D eigenvalue weighted by Crippen LogP contribution is 2.52. The Morgan fingerprint density at radius 1 is 1.00 bits per heavy atom. The van der Waals surface area contributed by atoms with Crippen LogP contribution in [0.1, 0.15) is 85.5 Å². The fourth-order valence-corrected chi connectivity index (χ4v) is 4.84. The maximum Gasteiger partial charge on any atom is 0.307 e. The first kappa shape index (κ1) is 20.6. The van der Waals surface area contributed by atoms with E-state index in [4.69, 9.17) is 9.84 Å². The van der Waals surface area contributed by atoms with Gasteiger partial charge in [0.15, 0.2) is 5.78 Å². The third-order valence-corrected chi connectivity index (χ3v) is 6.17. The molecule has 0 aromatic heterocycles. The molecule has 2 aromatic carbocycles. The van der Waals surface area contributed by atoms with Gasteiger partial charge in [0.05, 0.1) is 6.42 Å². The average molecular weight is 407 g/mol. The van der Waals surface area contributed by atoms with Crippen LogP contribution in [0.4, 0.5) is 0 Å². The molecule has 4 heteroatoms. The van der Waals surface area contributed by atoms with Crippen LogP contribution in [0.5, 0.6) is 5.75 Å². The molecule has 0 amide bonds. The Hall–Kier alpha value is -2.62. The Morgan fingerprint density at radius 3 is 2.17 bits per heavy atom. The van der Waals surface area contributed by atoms with Crippen molar-refractivity contribution < 1.29 is 19.4 Å². The van der Waals surface area contributed by atoms with E-state index in [1.807, 2.05) is 18.2 Å². The molecule has 158 valence electrons. The van der Waals surface area contributed by atoms with Crippen molar-refractivity contribution in [3.63, 3.8) is 0 Å². The largest absolute Gasteiger partial charge is 0.487 e. The Balaban J connectivity index is 1.64. The Labute approximate surface area is 178 Å². The first-order valence-corrected chi connectivity index (χ1v) is 10.7. The van der Waals surface area contributed by atoms with E-state index >= 15 is 0 Å². The lowest BCUT2D eigenvalue weighted by Crippen LogP contribution is -2.41. The minimum Gasteiger partial charge on any atom is -0.487 e. The number of aliphatic carboxylic acids is 1. The summed E-state index contributed by atoms with van der Waals surface area (Å²) in [7, 11) is 0. The Morgan fingerprint density at radius 2 is 1.60 bits per heavy atom. The first-order chi connectivity index (χ1) is 14.0. The van der Waals surface area contributed by atoms with E-state index in [1.54, 1.807) is 12.1 Å². The van der Waals surface area contributed by atoms with Gasteiger partial charge in [-0.05, 0) is 73.3 Å². The van der Waals surface area contributed by atoms with Gasteiger partial charge in [-0.2, -0.15) is 0 Å². The maximum absolute atomic E-state index is 13.2. The molecule has 1 heterocycles. The normalized spacial score (nSPS) is 18.9. The molecule has 4 nitrogen and oxygen atoms in total. The number of carbonyl (C=O) groups excluding carboxylic acids is 1. The van der Waals surface area contributed by atoms with Crippen LogP contribution in [0, 0.1) is 0 Å². The molecule has 0 saturated heterocycles. The van der Waals surface area contributed by atoms with Crippen LogP contribution in [-0.2, 0) is 23.1 Å². The highest BCUT2D eigenvalue weighted by Gasteiger charge is 2.42. The predicted octanol–water partition coefficient (Wildman–Crippen LogP) is 5.46. The van der Waals surface area contributed by atoms with Crippen molar-refractivity contribution in [1.29, 1.82) is 0 Å². The van der Waals surface area contributed by atoms with E-state index in [9.17, 15) is 9.59 Å². The van der Waals surface area contributed by atoms with Gasteiger partial charge in [-0.3, -0.25) is 9.59 Å². The van der Waals surface area contributed by atoms with Gasteiger partial charge in [-0.15, -0.1) is 0 Å². The monoisotopic (exact) mass is 406 g/mol. The molecule has 0 atom stereocenters. The van der Waals surface area contributed by atoms with Crippen LogP contribution < -0.4 is 4.74 Å². The third-order valence-electron chi connectivity index (χ3n) is 6.17. The minimum atomic E-state index is -0.853. The van der Waals surface area contributed by atoms with Crippen LogP contribution in [0.25, 0.3) is 0 Å². The van der Waals surface area contributed by atoms with Crippen molar-refractivity contribution in [2.45, 2.75) is 76.7 Å². The number of hydrogen-bond acceptors (Lipinski definition) is 3. The van der Waals surface area contributed by atoms with Gasteiger partial charge >= 0.3 is 5.97 Å². The van der Waals surface area contributed by atoms with Crippen molar-refractivity contribution in [1.82, 2.24) is 0 Å². The van der Waals surface area contributed by atoms with Gasteiger partial charge < -0.3 is 9.84 Å². The van der Waals surface area contributed by atoms with E-state index in [2.05, 4.69) is 33.8 Å². The summed E-state index contributed by atoms with van der Waals surface area (Å²) >= 11 is 0. The molecule has 1 saturated carbocycles. The van der Waals surface area contributed by atoms with Crippen LogP contribution in [0.2, 0.25) is 0 Å². The summed E-state index contributed by atoms with van der Waals surface area (Å²) in [5.74, 6) is 0.722. The summed E-state index contributed by atoms with van der Waals surface area (Å²) in [5.41, 5.74) is 4.45. The van der Waals surface area contributed by atoms with E-state index in [1.165, 1.54) is 5.56 Å². The SMILES string of the molecule is CC1(C)CC(C)(C)c2cc(C(=O)Cc3ccc(CC(=O)O)cc3)cc(C3CC3)c2O1. The molecular formula is C26H30O4. The molecule has 0 radical (unpaired) electrons. The number of ketones is 1. The fourth-order valence-electron chi connectivity index (χ4n) is 4.84. The zero-order valence-electron chi connectivity index (χ0n) is 18.2. The highest BCUT2D eigenvalue weighted by molar-refractivity contribution is 5.98. The zero-order chi connectivity index (χ0) is 21.7. The lowest BCUT2D eigenvalue weighted by Gasteiger charge is -2.43. The second-order valence-electron chi connectivity index (χ2n) is 10.1. The molecule has 0 unspecified atom stereocenters. The first-order valence-electron chi connectivity index (χ1n) is 10.7. The smallest absolute Gasteiger partial charge is 0.307 e. The molecule has 2 aliphatic rings. The lowest BCUT2D eigenvalue weighted by molar-refractivity contribution is -0.136. The molecule has 0 spiro atoms. The summed E-state index contributed by atoms with van der Waals surface area (Å²) in [6.07, 6.45) is 3.51.